The van der Waals surface area contributed by atoms with E-state index in [1.807, 2.05) is 24.3 Å². The van der Waals surface area contributed by atoms with Crippen LogP contribution in [0.4, 0.5) is 0 Å². The Hall–Kier alpha value is -3.85. The highest BCUT2D eigenvalue weighted by atomic mass is 16.7. The topological polar surface area (TPSA) is 72.5 Å². The molecule has 1 heterocycles. The molecule has 0 radical (unpaired) electrons. The maximum Gasteiger partial charge on any atom is 0.305 e. The van der Waals surface area contributed by atoms with Gasteiger partial charge in [0.2, 0.25) is 6.29 Å². The van der Waals surface area contributed by atoms with Crippen LogP contribution in [0.15, 0.2) is 121 Å². The van der Waals surface area contributed by atoms with Crippen LogP contribution < -0.4 is 0 Å². The Bertz CT molecular complexity index is 1500. The number of benzene rings is 4. The van der Waals surface area contributed by atoms with Crippen LogP contribution in [0.3, 0.4) is 0 Å². The Labute approximate surface area is 258 Å². The Morgan fingerprint density at radius 2 is 1.00 bits per heavy atom. The molecule has 4 aromatic rings. The molecule has 1 aliphatic rings. The van der Waals surface area contributed by atoms with E-state index in [4.69, 9.17) is 33.9 Å². The van der Waals surface area contributed by atoms with Crippen molar-refractivity contribution in [2.75, 3.05) is 6.61 Å². The third-order valence-electron chi connectivity index (χ3n) is 6.64. The van der Waals surface area contributed by atoms with E-state index in [1.54, 1.807) is 97.1 Å². The second-order valence-corrected chi connectivity index (χ2v) is 9.90. The summed E-state index contributed by atoms with van der Waals surface area (Å²) in [5, 5.41) is 0. The first-order chi connectivity index (χ1) is 22.8. The number of hydrogen-bond donors (Lipinski definition) is 0. The number of ether oxygens (including phenoxy) is 6. The van der Waals surface area contributed by atoms with Crippen LogP contribution in [0.5, 0.6) is 0 Å². The van der Waals surface area contributed by atoms with Gasteiger partial charge >= 0.3 is 5.97 Å². The summed E-state index contributed by atoms with van der Waals surface area (Å²) in [5.41, 5.74) is 2.24. The van der Waals surface area contributed by atoms with E-state index in [2.05, 4.69) is 0 Å². The van der Waals surface area contributed by atoms with Gasteiger partial charge in [-0.3, -0.25) is 4.79 Å². The SMILES string of the molecule is [2H]C(OC[C@H]1OC(OC(C)=O)[C@@H](OC([2H])c2ccccc2)[C@@H](OC([2H])c2ccccc2)[C@@H]1OC([2H])c1ccccc1)c1ccccc1. The van der Waals surface area contributed by atoms with Crippen molar-refractivity contribution >= 4 is 5.97 Å². The fraction of sp³-hybridized carbons (Fsp3) is 0.306. The molecule has 0 spiro atoms. The van der Waals surface area contributed by atoms with Gasteiger partial charge in [0.25, 0.3) is 0 Å². The Morgan fingerprint density at radius 1 is 0.605 bits per heavy atom. The molecule has 0 amide bonds. The van der Waals surface area contributed by atoms with Crippen LogP contribution in [0.25, 0.3) is 0 Å². The Kier molecular flexibility index (Phi) is 9.61. The van der Waals surface area contributed by atoms with Crippen molar-refractivity contribution in [1.82, 2.24) is 0 Å². The number of carbonyl (C=O) groups is 1. The van der Waals surface area contributed by atoms with Gasteiger partial charge in [-0.25, -0.2) is 0 Å². The zero-order valence-corrected chi connectivity index (χ0v) is 23.8. The molecule has 0 N–H and O–H groups in total. The molecule has 0 aliphatic carbocycles. The van der Waals surface area contributed by atoms with Gasteiger partial charge in [0.15, 0.2) is 0 Å². The summed E-state index contributed by atoms with van der Waals surface area (Å²) in [4.78, 5) is 12.4. The maximum atomic E-state index is 12.4. The van der Waals surface area contributed by atoms with Crippen molar-refractivity contribution in [1.29, 1.82) is 0 Å². The highest BCUT2D eigenvalue weighted by Gasteiger charge is 2.50. The van der Waals surface area contributed by atoms with E-state index in [9.17, 15) is 4.79 Å². The molecule has 1 aliphatic heterocycles. The van der Waals surface area contributed by atoms with Crippen LogP contribution in [-0.2, 0) is 59.5 Å². The summed E-state index contributed by atoms with van der Waals surface area (Å²) >= 11 is 0. The minimum absolute atomic E-state index is 0.212. The number of hydrogen-bond acceptors (Lipinski definition) is 7. The molecule has 9 atom stereocenters. The Balaban J connectivity index is 1.52. The zero-order chi connectivity index (χ0) is 33.2. The molecule has 224 valence electrons. The molecule has 0 aromatic heterocycles. The second kappa shape index (κ2) is 16.1. The molecule has 43 heavy (non-hydrogen) atoms. The summed E-state index contributed by atoms with van der Waals surface area (Å²) in [7, 11) is 0. The summed E-state index contributed by atoms with van der Waals surface area (Å²) in [6.45, 7) is -3.78. The van der Waals surface area contributed by atoms with Crippen LogP contribution in [-0.4, -0.2) is 43.3 Å². The normalized spacial score (nSPS) is 26.0. The standard InChI is InChI=1S/C36H38O7/c1-27(37)42-36-35(41-25-31-20-12-5-13-21-31)34(40-24-30-18-10-4-11-19-30)33(39-23-29-16-8-3-9-17-29)32(43-36)26-38-22-28-14-6-2-7-15-28/h2-21,32-36H,22-26H2,1H3/t32-,33-,34+,35+,36?/m1/s1/i22D,23D,24D,25D/t22?,23?,24?,25?,32-,33-,34+,35+,36?. The summed E-state index contributed by atoms with van der Waals surface area (Å²) in [6, 6.07) is 35.6. The minimum atomic E-state index is -1.40. The maximum absolute atomic E-state index is 12.4. The van der Waals surface area contributed by atoms with Gasteiger partial charge in [-0.05, 0) is 22.3 Å². The van der Waals surface area contributed by atoms with Crippen molar-refractivity contribution in [2.45, 2.75) is 64.0 Å². The lowest BCUT2D eigenvalue weighted by Crippen LogP contribution is -2.62. The van der Waals surface area contributed by atoms with Crippen LogP contribution >= 0.6 is 0 Å². The van der Waals surface area contributed by atoms with Crippen molar-refractivity contribution in [3.05, 3.63) is 144 Å². The average Bonchev–Trinajstić information content (AvgIpc) is 3.10. The van der Waals surface area contributed by atoms with Crippen LogP contribution in [0.2, 0.25) is 0 Å². The van der Waals surface area contributed by atoms with E-state index < -0.39 is 63.0 Å². The number of esters is 1. The molecule has 7 heteroatoms. The summed E-state index contributed by atoms with van der Waals surface area (Å²) < 4.78 is 72.1. The largest absolute Gasteiger partial charge is 0.433 e. The average molecular weight is 587 g/mol. The lowest BCUT2D eigenvalue weighted by molar-refractivity contribution is -0.320. The zero-order valence-electron chi connectivity index (χ0n) is 27.8. The van der Waals surface area contributed by atoms with Gasteiger partial charge in [-0.1, -0.05) is 121 Å². The number of carbonyl (C=O) groups excluding carboxylic acids is 1. The monoisotopic (exact) mass is 586 g/mol. The van der Waals surface area contributed by atoms with Crippen molar-refractivity contribution in [3.63, 3.8) is 0 Å². The van der Waals surface area contributed by atoms with E-state index in [0.717, 1.165) is 0 Å². The first-order valence-electron chi connectivity index (χ1n) is 16.4. The van der Waals surface area contributed by atoms with E-state index in [0.29, 0.717) is 22.3 Å². The quantitative estimate of drug-likeness (QED) is 0.162. The molecule has 4 aromatic carbocycles. The lowest BCUT2D eigenvalue weighted by Gasteiger charge is -2.45. The molecule has 5 rings (SSSR count). The molecule has 5 unspecified atom stereocenters. The predicted molar refractivity (Wildman–Crippen MR) is 162 cm³/mol. The fourth-order valence-corrected chi connectivity index (χ4v) is 4.57. The predicted octanol–water partition coefficient (Wildman–Crippen LogP) is 6.25. The van der Waals surface area contributed by atoms with Gasteiger partial charge in [-0.15, -0.1) is 0 Å². The van der Waals surface area contributed by atoms with Gasteiger partial charge in [0.05, 0.1) is 38.4 Å². The third kappa shape index (κ3) is 9.32. The van der Waals surface area contributed by atoms with E-state index in [1.165, 1.54) is 6.92 Å². The molecule has 7 nitrogen and oxygen atoms in total. The molecule has 1 fully saturated rings. The molecular weight excluding hydrogens is 544 g/mol. The van der Waals surface area contributed by atoms with E-state index in [-0.39, 0.29) is 6.61 Å². The molecular formula is C36H38O7. The van der Waals surface area contributed by atoms with Gasteiger partial charge in [0.1, 0.15) is 24.4 Å². The fourth-order valence-electron chi connectivity index (χ4n) is 4.57. The van der Waals surface area contributed by atoms with Crippen LogP contribution in [0, 0.1) is 0 Å². The second-order valence-electron chi connectivity index (χ2n) is 9.90. The molecule has 0 saturated carbocycles. The molecule has 0 bridgehead atoms. The lowest BCUT2D eigenvalue weighted by atomic mass is 9.97. The smallest absolute Gasteiger partial charge is 0.305 e. The first-order valence-corrected chi connectivity index (χ1v) is 14.1. The van der Waals surface area contributed by atoms with Crippen molar-refractivity contribution < 1.29 is 38.7 Å². The highest BCUT2D eigenvalue weighted by Crippen LogP contribution is 2.31. The van der Waals surface area contributed by atoms with Crippen molar-refractivity contribution in [2.24, 2.45) is 0 Å². The minimum Gasteiger partial charge on any atom is -0.433 e. The van der Waals surface area contributed by atoms with Gasteiger partial charge in [0, 0.05) is 6.92 Å². The molecule has 1 saturated heterocycles. The van der Waals surface area contributed by atoms with Gasteiger partial charge in [-0.2, -0.15) is 0 Å². The summed E-state index contributed by atoms with van der Waals surface area (Å²) in [5.74, 6) is -0.668. The van der Waals surface area contributed by atoms with Crippen molar-refractivity contribution in [3.8, 4) is 0 Å². The number of rotatable bonds is 14. The summed E-state index contributed by atoms with van der Waals surface area (Å²) in [6.07, 6.45) is -6.02. The Morgan fingerprint density at radius 3 is 1.44 bits per heavy atom. The highest BCUT2D eigenvalue weighted by molar-refractivity contribution is 5.66. The van der Waals surface area contributed by atoms with Gasteiger partial charge < -0.3 is 28.4 Å². The third-order valence-corrected chi connectivity index (χ3v) is 6.64. The van der Waals surface area contributed by atoms with Crippen LogP contribution in [0.1, 0.15) is 34.7 Å². The van der Waals surface area contributed by atoms with E-state index >= 15 is 0 Å². The first kappa shape index (κ1) is 25.6.